The minimum atomic E-state index is -1.20. The van der Waals surface area contributed by atoms with Gasteiger partial charge in [0.05, 0.1) is 20.5 Å². The standard InChI is InChI=1S/C19H19Cl2N3O5/c1-10(17(25)23-16-14(21)8-12(20)9-22-16)29-18(26)11-5-6-13(19(2,3)4)15(7-11)24(27)28/h5-10H,1-4H3,(H,22,23,25). The van der Waals surface area contributed by atoms with E-state index in [1.807, 2.05) is 20.8 Å². The lowest BCUT2D eigenvalue weighted by Crippen LogP contribution is -2.30. The summed E-state index contributed by atoms with van der Waals surface area (Å²) in [5, 5.41) is 14.2. The van der Waals surface area contributed by atoms with Gasteiger partial charge in [-0.25, -0.2) is 9.78 Å². The van der Waals surface area contributed by atoms with Crippen LogP contribution >= 0.6 is 23.2 Å². The van der Waals surface area contributed by atoms with Gasteiger partial charge in [-0.15, -0.1) is 0 Å². The lowest BCUT2D eigenvalue weighted by Gasteiger charge is -2.19. The molecular formula is C19H19Cl2N3O5. The molecule has 0 saturated carbocycles. The normalized spacial score (nSPS) is 12.2. The van der Waals surface area contributed by atoms with Crippen LogP contribution in [0, 0.1) is 10.1 Å². The number of hydrogen-bond donors (Lipinski definition) is 1. The minimum Gasteiger partial charge on any atom is -0.449 e. The maximum Gasteiger partial charge on any atom is 0.339 e. The van der Waals surface area contributed by atoms with E-state index in [1.54, 1.807) is 0 Å². The fourth-order valence-electron chi connectivity index (χ4n) is 2.45. The number of rotatable bonds is 5. The first-order valence-corrected chi connectivity index (χ1v) is 9.27. The molecule has 0 fully saturated rings. The largest absolute Gasteiger partial charge is 0.449 e. The smallest absolute Gasteiger partial charge is 0.339 e. The van der Waals surface area contributed by atoms with Crippen molar-refractivity contribution in [2.45, 2.75) is 39.2 Å². The molecule has 0 bridgehead atoms. The topological polar surface area (TPSA) is 111 Å². The van der Waals surface area contributed by atoms with Gasteiger partial charge < -0.3 is 10.1 Å². The molecule has 0 radical (unpaired) electrons. The maximum atomic E-state index is 12.4. The fraction of sp³-hybridized carbons (Fsp3) is 0.316. The van der Waals surface area contributed by atoms with E-state index in [2.05, 4.69) is 10.3 Å². The molecule has 8 nitrogen and oxygen atoms in total. The van der Waals surface area contributed by atoms with Crippen molar-refractivity contribution in [1.82, 2.24) is 4.98 Å². The Kier molecular flexibility index (Phi) is 6.81. The van der Waals surface area contributed by atoms with E-state index in [9.17, 15) is 19.7 Å². The number of ether oxygens (including phenoxy) is 1. The van der Waals surface area contributed by atoms with Gasteiger partial charge in [-0.05, 0) is 24.5 Å². The maximum absolute atomic E-state index is 12.4. The van der Waals surface area contributed by atoms with Crippen LogP contribution < -0.4 is 5.32 Å². The lowest BCUT2D eigenvalue weighted by atomic mass is 9.85. The summed E-state index contributed by atoms with van der Waals surface area (Å²) in [5.74, 6) is -1.48. The third-order valence-corrected chi connectivity index (χ3v) is 4.44. The third-order valence-electron chi connectivity index (χ3n) is 3.94. The van der Waals surface area contributed by atoms with E-state index in [-0.39, 0.29) is 22.1 Å². The average Bonchev–Trinajstić information content (AvgIpc) is 2.62. The number of carbonyl (C=O) groups is 2. The molecular weight excluding hydrogens is 421 g/mol. The Morgan fingerprint density at radius 1 is 1.24 bits per heavy atom. The highest BCUT2D eigenvalue weighted by Gasteiger charge is 2.27. The Morgan fingerprint density at radius 3 is 2.45 bits per heavy atom. The number of pyridine rings is 1. The molecule has 10 heteroatoms. The summed E-state index contributed by atoms with van der Waals surface area (Å²) in [5.41, 5.74) is -0.232. The van der Waals surface area contributed by atoms with E-state index in [0.717, 1.165) is 6.07 Å². The molecule has 1 heterocycles. The molecule has 1 N–H and O–H groups in total. The SMILES string of the molecule is CC(OC(=O)c1ccc(C(C)(C)C)c([N+](=O)[O-])c1)C(=O)Nc1ncc(Cl)cc1Cl. The number of halogens is 2. The second-order valence-corrected chi connectivity index (χ2v) is 8.10. The molecule has 1 aromatic carbocycles. The van der Waals surface area contributed by atoms with Gasteiger partial charge in [0.15, 0.2) is 11.9 Å². The van der Waals surface area contributed by atoms with Crippen molar-refractivity contribution in [2.75, 3.05) is 5.32 Å². The quantitative estimate of drug-likeness (QED) is 0.407. The van der Waals surface area contributed by atoms with Crippen LogP contribution in [0.5, 0.6) is 0 Å². The number of esters is 1. The number of aromatic nitrogens is 1. The van der Waals surface area contributed by atoms with Gasteiger partial charge >= 0.3 is 5.97 Å². The van der Waals surface area contributed by atoms with Crippen molar-refractivity contribution in [3.05, 3.63) is 61.7 Å². The molecule has 0 aliphatic heterocycles. The summed E-state index contributed by atoms with van der Waals surface area (Å²) in [6, 6.07) is 5.48. The van der Waals surface area contributed by atoms with E-state index in [4.69, 9.17) is 27.9 Å². The number of nitro benzene ring substituents is 1. The molecule has 0 aliphatic carbocycles. The van der Waals surface area contributed by atoms with Crippen molar-refractivity contribution in [3.63, 3.8) is 0 Å². The van der Waals surface area contributed by atoms with Crippen LogP contribution in [0.3, 0.4) is 0 Å². The average molecular weight is 440 g/mol. The number of amides is 1. The van der Waals surface area contributed by atoms with E-state index in [0.29, 0.717) is 10.6 Å². The number of carbonyl (C=O) groups excluding carboxylic acids is 2. The highest BCUT2D eigenvalue weighted by atomic mass is 35.5. The van der Waals surface area contributed by atoms with Crippen molar-refractivity contribution < 1.29 is 19.2 Å². The van der Waals surface area contributed by atoms with Gasteiger partial charge in [0, 0.05) is 17.8 Å². The predicted octanol–water partition coefficient (Wildman–Crippen LogP) is 4.78. The van der Waals surface area contributed by atoms with Crippen molar-refractivity contribution in [1.29, 1.82) is 0 Å². The van der Waals surface area contributed by atoms with Crippen LogP contribution in [0.2, 0.25) is 10.0 Å². The molecule has 0 spiro atoms. The van der Waals surface area contributed by atoms with Crippen LogP contribution in [-0.4, -0.2) is 27.9 Å². The zero-order valence-electron chi connectivity index (χ0n) is 16.2. The van der Waals surface area contributed by atoms with Crippen LogP contribution in [0.1, 0.15) is 43.6 Å². The Hall–Kier alpha value is -2.71. The highest BCUT2D eigenvalue weighted by Crippen LogP contribution is 2.32. The summed E-state index contributed by atoms with van der Waals surface area (Å²) < 4.78 is 5.12. The predicted molar refractivity (Wildman–Crippen MR) is 110 cm³/mol. The van der Waals surface area contributed by atoms with Gasteiger partial charge in [0.2, 0.25) is 0 Å². The molecule has 29 heavy (non-hydrogen) atoms. The first-order chi connectivity index (χ1) is 13.4. The molecule has 1 aromatic heterocycles. The first-order valence-electron chi connectivity index (χ1n) is 8.52. The van der Waals surface area contributed by atoms with Crippen LogP contribution in [-0.2, 0) is 14.9 Å². The summed E-state index contributed by atoms with van der Waals surface area (Å²) >= 11 is 11.7. The zero-order valence-corrected chi connectivity index (χ0v) is 17.7. The molecule has 1 atom stereocenters. The first kappa shape index (κ1) is 22.6. The van der Waals surface area contributed by atoms with Gasteiger partial charge in [0.25, 0.3) is 11.6 Å². The third kappa shape index (κ3) is 5.65. The number of nitro groups is 1. The second-order valence-electron chi connectivity index (χ2n) is 7.26. The fourth-order valence-corrected chi connectivity index (χ4v) is 2.88. The Balaban J connectivity index is 2.15. The van der Waals surface area contributed by atoms with Gasteiger partial charge in [0.1, 0.15) is 0 Å². The van der Waals surface area contributed by atoms with E-state index in [1.165, 1.54) is 31.3 Å². The number of anilines is 1. The molecule has 0 aliphatic rings. The molecule has 2 aromatic rings. The van der Waals surface area contributed by atoms with Crippen LogP contribution in [0.4, 0.5) is 11.5 Å². The number of nitrogens with zero attached hydrogens (tertiary/aromatic N) is 2. The Bertz CT molecular complexity index is 973. The van der Waals surface area contributed by atoms with Crippen molar-refractivity contribution >= 4 is 46.6 Å². The molecule has 1 unspecified atom stereocenters. The summed E-state index contributed by atoms with van der Waals surface area (Å²) in [4.78, 5) is 39.4. The number of hydrogen-bond acceptors (Lipinski definition) is 6. The Morgan fingerprint density at radius 2 is 1.90 bits per heavy atom. The molecule has 1 amide bonds. The van der Waals surface area contributed by atoms with E-state index < -0.39 is 28.3 Å². The molecule has 154 valence electrons. The summed E-state index contributed by atoms with van der Waals surface area (Å²) in [6.07, 6.45) is 0.104. The number of benzene rings is 1. The monoisotopic (exact) mass is 439 g/mol. The van der Waals surface area contributed by atoms with Gasteiger partial charge in [-0.3, -0.25) is 14.9 Å². The van der Waals surface area contributed by atoms with Gasteiger partial charge in [-0.1, -0.05) is 50.0 Å². The molecule has 2 rings (SSSR count). The van der Waals surface area contributed by atoms with Crippen LogP contribution in [0.25, 0.3) is 0 Å². The zero-order chi connectivity index (χ0) is 21.9. The molecule has 0 saturated heterocycles. The second kappa shape index (κ2) is 8.75. The Labute approximate surface area is 177 Å². The number of nitrogens with one attached hydrogen (secondary N) is 1. The summed E-state index contributed by atoms with van der Waals surface area (Å²) in [7, 11) is 0. The van der Waals surface area contributed by atoms with Gasteiger partial charge in [-0.2, -0.15) is 0 Å². The summed E-state index contributed by atoms with van der Waals surface area (Å²) in [6.45, 7) is 6.84. The highest BCUT2D eigenvalue weighted by molar-refractivity contribution is 6.36. The van der Waals surface area contributed by atoms with Crippen molar-refractivity contribution in [3.8, 4) is 0 Å². The van der Waals surface area contributed by atoms with Crippen LogP contribution in [0.15, 0.2) is 30.5 Å². The lowest BCUT2D eigenvalue weighted by molar-refractivity contribution is -0.386. The van der Waals surface area contributed by atoms with Crippen molar-refractivity contribution in [2.24, 2.45) is 0 Å². The minimum absolute atomic E-state index is 0.0352. The van der Waals surface area contributed by atoms with E-state index >= 15 is 0 Å².